The molecule has 4 nitrogen and oxygen atoms in total. The molecule has 3 N–H and O–H groups in total. The molecule has 0 saturated carbocycles. The molecule has 1 rings (SSSR count). The number of phenolic OH excluding ortho intramolecular Hbond substituents is 1. The Kier molecular flexibility index (Phi) is 6.02. The molecule has 0 aliphatic heterocycles. The minimum absolute atomic E-state index is 0.115. The molecule has 0 bridgehead atoms. The van der Waals surface area contributed by atoms with Crippen molar-refractivity contribution in [1.82, 2.24) is 4.90 Å². The van der Waals surface area contributed by atoms with E-state index >= 15 is 0 Å². The Morgan fingerprint density at radius 3 is 2.40 bits per heavy atom. The van der Waals surface area contributed by atoms with Crippen molar-refractivity contribution in [3.63, 3.8) is 0 Å². The topological polar surface area (TPSA) is 66.6 Å². The highest BCUT2D eigenvalue weighted by Gasteiger charge is 2.19. The van der Waals surface area contributed by atoms with Gasteiger partial charge in [-0.25, -0.2) is 0 Å². The Morgan fingerprint density at radius 2 is 1.85 bits per heavy atom. The first-order chi connectivity index (χ1) is 9.34. The summed E-state index contributed by atoms with van der Waals surface area (Å²) in [5.74, 6) is 0.384. The van der Waals surface area contributed by atoms with Crippen molar-refractivity contribution in [2.45, 2.75) is 39.7 Å². The zero-order valence-corrected chi connectivity index (χ0v) is 12.7. The maximum absolute atomic E-state index is 12.1. The lowest BCUT2D eigenvalue weighted by atomic mass is 9.84. The molecule has 20 heavy (non-hydrogen) atoms. The first-order valence-corrected chi connectivity index (χ1v) is 7.06. The number of carbonyl (C=O) groups excluding carboxylic acids is 1. The predicted molar refractivity (Wildman–Crippen MR) is 81.3 cm³/mol. The van der Waals surface area contributed by atoms with E-state index in [9.17, 15) is 9.90 Å². The summed E-state index contributed by atoms with van der Waals surface area (Å²) in [4.78, 5) is 13.8. The van der Waals surface area contributed by atoms with E-state index in [0.29, 0.717) is 19.5 Å². The lowest BCUT2D eigenvalue weighted by molar-refractivity contribution is -0.131. The van der Waals surface area contributed by atoms with Gasteiger partial charge in [-0.15, -0.1) is 0 Å². The van der Waals surface area contributed by atoms with Crippen LogP contribution >= 0.6 is 0 Å². The van der Waals surface area contributed by atoms with Gasteiger partial charge in [-0.05, 0) is 42.5 Å². The van der Waals surface area contributed by atoms with E-state index in [1.165, 1.54) is 0 Å². The van der Waals surface area contributed by atoms with Gasteiger partial charge in [0, 0.05) is 20.0 Å². The molecule has 0 aromatic heterocycles. The van der Waals surface area contributed by atoms with Crippen molar-refractivity contribution >= 4 is 5.91 Å². The van der Waals surface area contributed by atoms with Gasteiger partial charge >= 0.3 is 0 Å². The van der Waals surface area contributed by atoms with Gasteiger partial charge in [-0.2, -0.15) is 0 Å². The van der Waals surface area contributed by atoms with Crippen LogP contribution in [-0.2, 0) is 11.3 Å². The van der Waals surface area contributed by atoms with E-state index in [1.54, 1.807) is 17.0 Å². The standard InChI is InChI=1S/C16H26N2O2/c1-16(2,10-11-17)9-8-15(20)18(3)12-13-4-6-14(19)7-5-13/h4-7,19H,8-12,17H2,1-3H3. The molecular formula is C16H26N2O2. The van der Waals surface area contributed by atoms with Gasteiger partial charge in [0.25, 0.3) is 0 Å². The third kappa shape index (κ3) is 5.61. The summed E-state index contributed by atoms with van der Waals surface area (Å²) in [6, 6.07) is 6.94. The van der Waals surface area contributed by atoms with E-state index in [2.05, 4.69) is 13.8 Å². The first-order valence-electron chi connectivity index (χ1n) is 7.06. The van der Waals surface area contributed by atoms with Gasteiger partial charge in [-0.1, -0.05) is 26.0 Å². The van der Waals surface area contributed by atoms with Crippen molar-refractivity contribution in [2.24, 2.45) is 11.1 Å². The Bertz CT molecular complexity index is 427. The molecule has 0 spiro atoms. The van der Waals surface area contributed by atoms with Gasteiger partial charge in [0.1, 0.15) is 5.75 Å². The van der Waals surface area contributed by atoms with Crippen LogP contribution < -0.4 is 5.73 Å². The van der Waals surface area contributed by atoms with Gasteiger partial charge in [-0.3, -0.25) is 4.79 Å². The summed E-state index contributed by atoms with van der Waals surface area (Å²) in [6.07, 6.45) is 2.33. The van der Waals surface area contributed by atoms with Crippen molar-refractivity contribution in [1.29, 1.82) is 0 Å². The number of hydrogen-bond acceptors (Lipinski definition) is 3. The van der Waals surface area contributed by atoms with E-state index in [0.717, 1.165) is 18.4 Å². The number of amides is 1. The smallest absolute Gasteiger partial charge is 0.222 e. The number of carbonyl (C=O) groups is 1. The van der Waals surface area contributed by atoms with Crippen molar-refractivity contribution < 1.29 is 9.90 Å². The molecule has 0 unspecified atom stereocenters. The van der Waals surface area contributed by atoms with E-state index in [4.69, 9.17) is 5.73 Å². The molecule has 0 heterocycles. The Balaban J connectivity index is 2.45. The maximum Gasteiger partial charge on any atom is 0.222 e. The predicted octanol–water partition coefficient (Wildman–Crippen LogP) is 2.51. The molecule has 0 saturated heterocycles. The molecule has 4 heteroatoms. The summed E-state index contributed by atoms with van der Waals surface area (Å²) in [7, 11) is 1.81. The van der Waals surface area contributed by atoms with Crippen molar-refractivity contribution in [3.05, 3.63) is 29.8 Å². The zero-order valence-electron chi connectivity index (χ0n) is 12.7. The number of hydrogen-bond donors (Lipinski definition) is 2. The highest BCUT2D eigenvalue weighted by atomic mass is 16.3. The maximum atomic E-state index is 12.1. The third-order valence-corrected chi connectivity index (χ3v) is 3.62. The van der Waals surface area contributed by atoms with Crippen LogP contribution in [0.5, 0.6) is 5.75 Å². The van der Waals surface area contributed by atoms with Crippen LogP contribution in [0.3, 0.4) is 0 Å². The Hall–Kier alpha value is -1.55. The van der Waals surface area contributed by atoms with Gasteiger partial charge in [0.2, 0.25) is 5.91 Å². The monoisotopic (exact) mass is 278 g/mol. The summed E-state index contributed by atoms with van der Waals surface area (Å²) in [6.45, 7) is 5.52. The minimum Gasteiger partial charge on any atom is -0.508 e. The number of aromatic hydroxyl groups is 1. The molecule has 0 atom stereocenters. The van der Waals surface area contributed by atoms with E-state index < -0.39 is 0 Å². The normalized spacial score (nSPS) is 11.4. The molecule has 0 fully saturated rings. The van der Waals surface area contributed by atoms with Crippen LogP contribution in [0.2, 0.25) is 0 Å². The molecular weight excluding hydrogens is 252 g/mol. The van der Waals surface area contributed by atoms with Crippen LogP contribution in [0.25, 0.3) is 0 Å². The fraction of sp³-hybridized carbons (Fsp3) is 0.562. The number of phenols is 1. The average molecular weight is 278 g/mol. The van der Waals surface area contributed by atoms with Gasteiger partial charge in [0.15, 0.2) is 0 Å². The summed E-state index contributed by atoms with van der Waals surface area (Å²) in [5.41, 5.74) is 6.71. The largest absolute Gasteiger partial charge is 0.508 e. The zero-order chi connectivity index (χ0) is 15.2. The second-order valence-electron chi connectivity index (χ2n) is 6.12. The minimum atomic E-state index is 0.115. The SMILES string of the molecule is CN(Cc1ccc(O)cc1)C(=O)CCC(C)(C)CCN. The average Bonchev–Trinajstić information content (AvgIpc) is 2.38. The number of rotatable bonds is 7. The van der Waals surface area contributed by atoms with Crippen LogP contribution in [0.1, 0.15) is 38.7 Å². The molecule has 0 aliphatic rings. The van der Waals surface area contributed by atoms with Gasteiger partial charge < -0.3 is 15.7 Å². The summed E-state index contributed by atoms with van der Waals surface area (Å²) >= 11 is 0. The highest BCUT2D eigenvalue weighted by molar-refractivity contribution is 5.75. The fourth-order valence-corrected chi connectivity index (χ4v) is 2.12. The van der Waals surface area contributed by atoms with Gasteiger partial charge in [0.05, 0.1) is 0 Å². The number of benzene rings is 1. The van der Waals surface area contributed by atoms with Crippen LogP contribution in [0, 0.1) is 5.41 Å². The third-order valence-electron chi connectivity index (χ3n) is 3.62. The summed E-state index contributed by atoms with van der Waals surface area (Å²) < 4.78 is 0. The molecule has 1 amide bonds. The summed E-state index contributed by atoms with van der Waals surface area (Å²) in [5, 5.41) is 9.23. The molecule has 0 radical (unpaired) electrons. The number of nitrogens with zero attached hydrogens (tertiary/aromatic N) is 1. The quantitative estimate of drug-likeness (QED) is 0.805. The van der Waals surface area contributed by atoms with Crippen LogP contribution in [0.4, 0.5) is 0 Å². The first kappa shape index (κ1) is 16.5. The lowest BCUT2D eigenvalue weighted by Crippen LogP contribution is -2.28. The molecule has 0 aliphatic carbocycles. The molecule has 1 aromatic rings. The van der Waals surface area contributed by atoms with Crippen LogP contribution in [-0.4, -0.2) is 29.5 Å². The Morgan fingerprint density at radius 1 is 1.25 bits per heavy atom. The Labute approximate surface area is 121 Å². The second kappa shape index (κ2) is 7.29. The number of nitrogens with two attached hydrogens (primary N) is 1. The second-order valence-corrected chi connectivity index (χ2v) is 6.12. The van der Waals surface area contributed by atoms with Crippen molar-refractivity contribution in [3.8, 4) is 5.75 Å². The van der Waals surface area contributed by atoms with E-state index in [1.807, 2.05) is 19.2 Å². The van der Waals surface area contributed by atoms with Crippen molar-refractivity contribution in [2.75, 3.05) is 13.6 Å². The van der Waals surface area contributed by atoms with E-state index in [-0.39, 0.29) is 17.1 Å². The molecule has 112 valence electrons. The molecule has 1 aromatic carbocycles. The van der Waals surface area contributed by atoms with Crippen LogP contribution in [0.15, 0.2) is 24.3 Å². The highest BCUT2D eigenvalue weighted by Crippen LogP contribution is 2.26. The fourth-order valence-electron chi connectivity index (χ4n) is 2.12. The lowest BCUT2D eigenvalue weighted by Gasteiger charge is -2.25.